The fraction of sp³-hybridized carbons (Fsp3) is 0.500. The quantitative estimate of drug-likeness (QED) is 0.375. The van der Waals surface area contributed by atoms with Crippen LogP contribution in [0.15, 0.2) is 29.4 Å². The predicted octanol–water partition coefficient (Wildman–Crippen LogP) is 2.35. The third-order valence-corrected chi connectivity index (χ3v) is 2.58. The monoisotopic (exact) mass is 293 g/mol. The van der Waals surface area contributed by atoms with Gasteiger partial charge in [0, 0.05) is 4.91 Å². The first kappa shape index (κ1) is 17.0. The molecule has 0 aromatic heterocycles. The van der Waals surface area contributed by atoms with Gasteiger partial charge in [-0.05, 0) is 44.0 Å². The Morgan fingerprint density at radius 2 is 1.90 bits per heavy atom. The summed E-state index contributed by atoms with van der Waals surface area (Å²) in [6.45, 7) is 5.09. The van der Waals surface area contributed by atoms with E-state index in [-0.39, 0.29) is 6.54 Å². The standard InChI is InChI=1S/C14H19N3O4/c1-14(2,3)21-13(20)10-6-4-9(5-7-10)12(19)11(18)8-16-17-15/h4-7,11-12,18-19H,8H2,1-3H3. The maximum absolute atomic E-state index is 11.8. The van der Waals surface area contributed by atoms with Gasteiger partial charge in [-0.15, -0.1) is 0 Å². The van der Waals surface area contributed by atoms with E-state index in [1.165, 1.54) is 24.3 Å². The molecule has 21 heavy (non-hydrogen) atoms. The molecule has 1 aromatic carbocycles. The average Bonchev–Trinajstić information content (AvgIpc) is 2.42. The number of aliphatic hydroxyl groups is 2. The van der Waals surface area contributed by atoms with Crippen LogP contribution in [0.4, 0.5) is 0 Å². The van der Waals surface area contributed by atoms with Crippen molar-refractivity contribution in [3.05, 3.63) is 45.8 Å². The van der Waals surface area contributed by atoms with Crippen molar-refractivity contribution < 1.29 is 19.7 Å². The van der Waals surface area contributed by atoms with E-state index in [4.69, 9.17) is 10.3 Å². The molecule has 2 N–H and O–H groups in total. The molecule has 7 heteroatoms. The summed E-state index contributed by atoms with van der Waals surface area (Å²) in [5, 5.41) is 22.7. The van der Waals surface area contributed by atoms with Crippen molar-refractivity contribution in [1.29, 1.82) is 0 Å². The maximum Gasteiger partial charge on any atom is 0.338 e. The number of nitrogens with zero attached hydrogens (tertiary/aromatic N) is 3. The highest BCUT2D eigenvalue weighted by Gasteiger charge is 2.20. The molecule has 2 unspecified atom stereocenters. The predicted molar refractivity (Wildman–Crippen MR) is 76.6 cm³/mol. The Balaban J connectivity index is 2.77. The Morgan fingerprint density at radius 1 is 1.33 bits per heavy atom. The minimum atomic E-state index is -1.20. The minimum Gasteiger partial charge on any atom is -0.456 e. The molecule has 0 fully saturated rings. The number of esters is 1. The van der Waals surface area contributed by atoms with Crippen molar-refractivity contribution >= 4 is 5.97 Å². The van der Waals surface area contributed by atoms with Gasteiger partial charge in [0.05, 0.1) is 18.2 Å². The van der Waals surface area contributed by atoms with Gasteiger partial charge in [0.1, 0.15) is 11.7 Å². The highest BCUT2D eigenvalue weighted by atomic mass is 16.6. The van der Waals surface area contributed by atoms with Gasteiger partial charge in [0.15, 0.2) is 0 Å². The van der Waals surface area contributed by atoms with E-state index < -0.39 is 23.8 Å². The van der Waals surface area contributed by atoms with E-state index >= 15 is 0 Å². The molecule has 0 aliphatic carbocycles. The first-order valence-electron chi connectivity index (χ1n) is 6.45. The van der Waals surface area contributed by atoms with Crippen LogP contribution in [0.25, 0.3) is 10.4 Å². The number of rotatable bonds is 5. The molecule has 0 amide bonds. The highest BCUT2D eigenvalue weighted by Crippen LogP contribution is 2.19. The first-order valence-corrected chi connectivity index (χ1v) is 6.45. The van der Waals surface area contributed by atoms with Crippen LogP contribution in [-0.4, -0.2) is 34.4 Å². The lowest BCUT2D eigenvalue weighted by atomic mass is 10.0. The largest absolute Gasteiger partial charge is 0.456 e. The summed E-state index contributed by atoms with van der Waals surface area (Å²) in [6.07, 6.45) is -2.39. The number of hydrogen-bond acceptors (Lipinski definition) is 5. The molecule has 0 aliphatic rings. The second-order valence-electron chi connectivity index (χ2n) is 5.55. The van der Waals surface area contributed by atoms with Crippen molar-refractivity contribution in [3.63, 3.8) is 0 Å². The highest BCUT2D eigenvalue weighted by molar-refractivity contribution is 5.89. The number of azide groups is 1. The van der Waals surface area contributed by atoms with Crippen LogP contribution in [0, 0.1) is 0 Å². The summed E-state index contributed by atoms with van der Waals surface area (Å²) in [4.78, 5) is 14.3. The van der Waals surface area contributed by atoms with Gasteiger partial charge in [-0.25, -0.2) is 4.79 Å². The zero-order chi connectivity index (χ0) is 16.0. The molecule has 0 radical (unpaired) electrons. The summed E-state index contributed by atoms with van der Waals surface area (Å²) in [6, 6.07) is 6.05. The minimum absolute atomic E-state index is 0.231. The molecule has 2 atom stereocenters. The third kappa shape index (κ3) is 5.43. The van der Waals surface area contributed by atoms with Crippen molar-refractivity contribution in [3.8, 4) is 0 Å². The van der Waals surface area contributed by atoms with Crippen molar-refractivity contribution in [1.82, 2.24) is 0 Å². The Morgan fingerprint density at radius 3 is 2.38 bits per heavy atom. The number of ether oxygens (including phenoxy) is 1. The smallest absolute Gasteiger partial charge is 0.338 e. The topological polar surface area (TPSA) is 116 Å². The fourth-order valence-electron chi connectivity index (χ4n) is 1.60. The van der Waals surface area contributed by atoms with Crippen molar-refractivity contribution in [2.24, 2.45) is 5.11 Å². The summed E-state index contributed by atoms with van der Waals surface area (Å²) in [7, 11) is 0. The Labute approximate surface area is 122 Å². The normalized spacial score (nSPS) is 14.0. The second kappa shape index (κ2) is 7.08. The van der Waals surface area contributed by atoms with E-state index in [9.17, 15) is 15.0 Å². The zero-order valence-electron chi connectivity index (χ0n) is 12.2. The summed E-state index contributed by atoms with van der Waals surface area (Å²) in [5.41, 5.74) is 8.36. The van der Waals surface area contributed by atoms with Gasteiger partial charge < -0.3 is 14.9 Å². The molecular formula is C14H19N3O4. The molecular weight excluding hydrogens is 274 g/mol. The Bertz CT molecular complexity index is 530. The molecule has 0 bridgehead atoms. The summed E-state index contributed by atoms with van der Waals surface area (Å²) < 4.78 is 5.22. The molecule has 0 saturated heterocycles. The fourth-order valence-corrected chi connectivity index (χ4v) is 1.60. The molecule has 7 nitrogen and oxygen atoms in total. The number of benzene rings is 1. The van der Waals surface area contributed by atoms with Crippen LogP contribution in [0.1, 0.15) is 42.8 Å². The molecule has 0 aliphatic heterocycles. The zero-order valence-corrected chi connectivity index (χ0v) is 12.2. The number of carbonyl (C=O) groups is 1. The van der Waals surface area contributed by atoms with E-state index in [2.05, 4.69) is 10.0 Å². The molecule has 0 heterocycles. The van der Waals surface area contributed by atoms with E-state index in [1.54, 1.807) is 20.8 Å². The average molecular weight is 293 g/mol. The Hall–Kier alpha value is -2.08. The molecule has 1 aromatic rings. The molecule has 0 saturated carbocycles. The number of aliphatic hydroxyl groups excluding tert-OH is 2. The van der Waals surface area contributed by atoms with Crippen LogP contribution in [0.3, 0.4) is 0 Å². The lowest BCUT2D eigenvalue weighted by Gasteiger charge is -2.20. The maximum atomic E-state index is 11.8. The summed E-state index contributed by atoms with van der Waals surface area (Å²) in [5.74, 6) is -0.460. The van der Waals surface area contributed by atoms with E-state index in [0.29, 0.717) is 11.1 Å². The van der Waals surface area contributed by atoms with Crippen LogP contribution in [0.5, 0.6) is 0 Å². The van der Waals surface area contributed by atoms with Crippen molar-refractivity contribution in [2.75, 3.05) is 6.54 Å². The van der Waals surface area contributed by atoms with Gasteiger partial charge in [0.2, 0.25) is 0 Å². The van der Waals surface area contributed by atoms with Crippen LogP contribution >= 0.6 is 0 Å². The second-order valence-corrected chi connectivity index (χ2v) is 5.55. The van der Waals surface area contributed by atoms with E-state index in [1.807, 2.05) is 0 Å². The van der Waals surface area contributed by atoms with Gasteiger partial charge in [-0.1, -0.05) is 17.2 Å². The number of hydrogen-bond donors (Lipinski definition) is 2. The molecule has 114 valence electrons. The lowest BCUT2D eigenvalue weighted by Crippen LogP contribution is -2.24. The molecule has 1 rings (SSSR count). The first-order chi connectivity index (χ1) is 9.74. The van der Waals surface area contributed by atoms with Gasteiger partial charge >= 0.3 is 5.97 Å². The van der Waals surface area contributed by atoms with E-state index in [0.717, 1.165) is 0 Å². The van der Waals surface area contributed by atoms with Gasteiger partial charge in [-0.3, -0.25) is 0 Å². The van der Waals surface area contributed by atoms with Crippen LogP contribution < -0.4 is 0 Å². The van der Waals surface area contributed by atoms with Gasteiger partial charge in [-0.2, -0.15) is 0 Å². The SMILES string of the molecule is CC(C)(C)OC(=O)c1ccc(C(O)C(O)CN=[N+]=[N-])cc1. The molecule has 0 spiro atoms. The number of carbonyl (C=O) groups excluding carboxylic acids is 1. The lowest BCUT2D eigenvalue weighted by molar-refractivity contribution is 0.00689. The van der Waals surface area contributed by atoms with Gasteiger partial charge in [0.25, 0.3) is 0 Å². The summed E-state index contributed by atoms with van der Waals surface area (Å²) >= 11 is 0. The van der Waals surface area contributed by atoms with Crippen molar-refractivity contribution in [2.45, 2.75) is 38.6 Å². The van der Waals surface area contributed by atoms with Crippen LogP contribution in [-0.2, 0) is 4.74 Å². The third-order valence-electron chi connectivity index (χ3n) is 2.58. The Kier molecular flexibility index (Phi) is 5.72. The van der Waals surface area contributed by atoms with Crippen LogP contribution in [0.2, 0.25) is 0 Å².